The maximum atomic E-state index is 13.1. The van der Waals surface area contributed by atoms with E-state index in [2.05, 4.69) is 10.6 Å². The van der Waals surface area contributed by atoms with Gasteiger partial charge in [0.25, 0.3) is 0 Å². The third kappa shape index (κ3) is 13.6. The molecule has 0 saturated heterocycles. The molecule has 1 fully saturated rings. The molecule has 1 rings (SSSR count). The fraction of sp³-hybridized carbons (Fsp3) is 0.871. The van der Waals surface area contributed by atoms with E-state index in [1.54, 1.807) is 25.6 Å². The molecule has 0 aromatic carbocycles. The quantitative estimate of drug-likeness (QED) is 0.138. The Morgan fingerprint density at radius 1 is 0.833 bits per heavy atom. The van der Waals surface area contributed by atoms with Crippen LogP contribution < -0.4 is 10.6 Å². The van der Waals surface area contributed by atoms with Crippen LogP contribution in [0.3, 0.4) is 0 Å². The van der Waals surface area contributed by atoms with Gasteiger partial charge in [-0.15, -0.1) is 0 Å². The van der Waals surface area contributed by atoms with Gasteiger partial charge in [0.05, 0.1) is 5.60 Å². The first kappa shape index (κ1) is 38.7. The second-order valence-corrected chi connectivity index (χ2v) is 16.9. The molecule has 0 aromatic heterocycles. The topological polar surface area (TPSA) is 142 Å². The number of hydrogen-bond acceptors (Lipinski definition) is 8. The second kappa shape index (κ2) is 16.1. The number of carboxylic acids is 2. The lowest BCUT2D eigenvalue weighted by atomic mass is 9.86. The van der Waals surface area contributed by atoms with Crippen LogP contribution in [0.4, 0.5) is 0 Å². The van der Waals surface area contributed by atoms with Crippen LogP contribution in [-0.4, -0.2) is 85.7 Å². The standard InChI is InChI=1S/C31H56N2O7S2/c1-11-30(7,8)33-21(26(37)38)19-42-23-13-12-22(23)41-18-20(25(35)36)32-27(39)29(5,6)16-17-40-31(9,10)15-14-24(34)28(2,3)4/h20-23,33H,11-19H2,1-10H3,(H,32,39)(H,35,36)(H,37,38). The minimum atomic E-state index is -1.08. The van der Waals surface area contributed by atoms with E-state index in [-0.39, 0.29) is 38.9 Å². The first-order chi connectivity index (χ1) is 19.1. The average molecular weight is 633 g/mol. The zero-order chi connectivity index (χ0) is 32.5. The highest BCUT2D eigenvalue weighted by Gasteiger charge is 2.37. The number of aliphatic carboxylic acids is 2. The number of carboxylic acid groups (broad SMARTS) is 2. The van der Waals surface area contributed by atoms with Gasteiger partial charge < -0.3 is 20.3 Å². The lowest BCUT2D eigenvalue weighted by Crippen LogP contribution is -2.51. The SMILES string of the molecule is CCC(C)(C)NC(CSC1CCC1SCC(NC(=O)C(C)(C)CCOC(C)(C)CCC(=O)C(C)(C)C)C(=O)O)C(=O)O. The molecule has 244 valence electrons. The Kier molecular flexibility index (Phi) is 14.9. The van der Waals surface area contributed by atoms with Crippen molar-refractivity contribution < 1.29 is 34.1 Å². The fourth-order valence-electron chi connectivity index (χ4n) is 4.09. The molecule has 0 spiro atoms. The van der Waals surface area contributed by atoms with Crippen LogP contribution in [0.25, 0.3) is 0 Å². The Bertz CT molecular complexity index is 931. The number of Topliss-reactive ketones (excluding diaryl/α,β-unsaturated/α-hetero) is 1. The minimum absolute atomic E-state index is 0.181. The van der Waals surface area contributed by atoms with E-state index >= 15 is 0 Å². The second-order valence-electron chi connectivity index (χ2n) is 14.4. The number of carbonyl (C=O) groups is 4. The predicted molar refractivity (Wildman–Crippen MR) is 172 cm³/mol. The molecule has 42 heavy (non-hydrogen) atoms. The molecule has 4 atom stereocenters. The third-order valence-corrected chi connectivity index (χ3v) is 11.3. The lowest BCUT2D eigenvalue weighted by Gasteiger charge is -2.37. The molecule has 0 aromatic rings. The van der Waals surface area contributed by atoms with Crippen LogP contribution in [0.2, 0.25) is 0 Å². The van der Waals surface area contributed by atoms with Gasteiger partial charge in [-0.05, 0) is 59.8 Å². The number of rotatable bonds is 20. The van der Waals surface area contributed by atoms with E-state index in [1.165, 1.54) is 11.8 Å². The molecule has 9 nitrogen and oxygen atoms in total. The molecule has 4 unspecified atom stereocenters. The Morgan fingerprint density at radius 2 is 1.33 bits per heavy atom. The van der Waals surface area contributed by atoms with Crippen molar-refractivity contribution in [3.8, 4) is 0 Å². The molecular formula is C31H56N2O7S2. The number of nitrogens with one attached hydrogen (secondary N) is 2. The van der Waals surface area contributed by atoms with Gasteiger partial charge in [-0.2, -0.15) is 23.5 Å². The minimum Gasteiger partial charge on any atom is -0.480 e. The summed E-state index contributed by atoms with van der Waals surface area (Å²) in [5.74, 6) is -1.41. The zero-order valence-electron chi connectivity index (χ0n) is 27.4. The summed E-state index contributed by atoms with van der Waals surface area (Å²) in [5, 5.41) is 25.9. The summed E-state index contributed by atoms with van der Waals surface area (Å²) in [7, 11) is 0. The van der Waals surface area contributed by atoms with E-state index in [1.807, 2.05) is 55.4 Å². The summed E-state index contributed by atoms with van der Waals surface area (Å²) < 4.78 is 6.04. The van der Waals surface area contributed by atoms with E-state index in [0.717, 1.165) is 19.3 Å². The van der Waals surface area contributed by atoms with Crippen molar-refractivity contribution in [2.24, 2.45) is 10.8 Å². The zero-order valence-corrected chi connectivity index (χ0v) is 29.1. The van der Waals surface area contributed by atoms with E-state index in [4.69, 9.17) is 4.74 Å². The molecule has 1 aliphatic rings. The van der Waals surface area contributed by atoms with Crippen molar-refractivity contribution >= 4 is 47.2 Å². The van der Waals surface area contributed by atoms with Crippen molar-refractivity contribution in [1.29, 1.82) is 0 Å². The fourth-order valence-corrected chi connectivity index (χ4v) is 7.20. The molecule has 0 heterocycles. The summed E-state index contributed by atoms with van der Waals surface area (Å²) in [5.41, 5.74) is -2.01. The molecule has 1 saturated carbocycles. The Labute approximate surface area is 261 Å². The Morgan fingerprint density at radius 3 is 1.76 bits per heavy atom. The van der Waals surface area contributed by atoms with Gasteiger partial charge in [-0.1, -0.05) is 41.5 Å². The van der Waals surface area contributed by atoms with Crippen molar-refractivity contribution in [2.75, 3.05) is 18.1 Å². The molecular weight excluding hydrogens is 576 g/mol. The van der Waals surface area contributed by atoms with Crippen LogP contribution in [-0.2, 0) is 23.9 Å². The normalized spacial score (nSPS) is 19.5. The third-order valence-electron chi connectivity index (χ3n) is 8.08. The van der Waals surface area contributed by atoms with E-state index in [0.29, 0.717) is 31.6 Å². The molecule has 0 radical (unpaired) electrons. The van der Waals surface area contributed by atoms with Gasteiger partial charge >= 0.3 is 11.9 Å². The Balaban J connectivity index is 2.57. The van der Waals surface area contributed by atoms with Crippen LogP contribution in [0.5, 0.6) is 0 Å². The number of thioether (sulfide) groups is 2. The summed E-state index contributed by atoms with van der Waals surface area (Å²) >= 11 is 3.15. The first-order valence-corrected chi connectivity index (χ1v) is 17.1. The molecule has 11 heteroatoms. The highest BCUT2D eigenvalue weighted by atomic mass is 32.2. The van der Waals surface area contributed by atoms with Gasteiger partial charge in [0.2, 0.25) is 5.91 Å². The summed E-state index contributed by atoms with van der Waals surface area (Å²) in [6.07, 6.45) is 4.13. The Hall–Kier alpha value is -1.30. The van der Waals surface area contributed by atoms with Crippen LogP contribution >= 0.6 is 23.5 Å². The van der Waals surface area contributed by atoms with Crippen molar-refractivity contribution in [3.63, 3.8) is 0 Å². The van der Waals surface area contributed by atoms with Gasteiger partial charge in [-0.3, -0.25) is 19.7 Å². The first-order valence-electron chi connectivity index (χ1n) is 15.0. The predicted octanol–water partition coefficient (Wildman–Crippen LogP) is 5.39. The maximum Gasteiger partial charge on any atom is 0.327 e. The van der Waals surface area contributed by atoms with Crippen molar-refractivity contribution in [2.45, 2.75) is 141 Å². The van der Waals surface area contributed by atoms with Crippen LogP contribution in [0, 0.1) is 10.8 Å². The molecule has 4 N–H and O–H groups in total. The van der Waals surface area contributed by atoms with Gasteiger partial charge in [0.1, 0.15) is 17.9 Å². The average Bonchev–Trinajstić information content (AvgIpc) is 2.84. The maximum absolute atomic E-state index is 13.1. The van der Waals surface area contributed by atoms with Gasteiger partial charge in [-0.25, -0.2) is 4.79 Å². The molecule has 0 bridgehead atoms. The monoisotopic (exact) mass is 632 g/mol. The molecule has 1 amide bonds. The summed E-state index contributed by atoms with van der Waals surface area (Å²) in [6.45, 7) is 19.4. The van der Waals surface area contributed by atoms with E-state index < -0.39 is 35.0 Å². The molecule has 0 aliphatic heterocycles. The number of ketones is 1. The lowest BCUT2D eigenvalue weighted by molar-refractivity contribution is -0.143. The largest absolute Gasteiger partial charge is 0.480 e. The van der Waals surface area contributed by atoms with Gasteiger partial charge in [0, 0.05) is 51.4 Å². The van der Waals surface area contributed by atoms with Gasteiger partial charge in [0.15, 0.2) is 0 Å². The van der Waals surface area contributed by atoms with E-state index in [9.17, 15) is 29.4 Å². The number of hydrogen-bond donors (Lipinski definition) is 4. The molecule has 1 aliphatic carbocycles. The smallest absolute Gasteiger partial charge is 0.327 e. The highest BCUT2D eigenvalue weighted by Crippen LogP contribution is 2.40. The number of amides is 1. The van der Waals surface area contributed by atoms with Crippen LogP contribution in [0.1, 0.15) is 108 Å². The number of carbonyl (C=O) groups excluding carboxylic acids is 2. The summed E-state index contributed by atoms with van der Waals surface area (Å²) in [6, 6.07) is -1.67. The van der Waals surface area contributed by atoms with Crippen molar-refractivity contribution in [3.05, 3.63) is 0 Å². The summed E-state index contributed by atoms with van der Waals surface area (Å²) in [4.78, 5) is 49.1. The highest BCUT2D eigenvalue weighted by molar-refractivity contribution is 8.04. The van der Waals surface area contributed by atoms with Crippen molar-refractivity contribution in [1.82, 2.24) is 10.6 Å². The number of ether oxygens (including phenoxy) is 1. The van der Waals surface area contributed by atoms with Crippen LogP contribution in [0.15, 0.2) is 0 Å².